The van der Waals surface area contributed by atoms with Crippen LogP contribution in [0.1, 0.15) is 6.92 Å². The second-order valence-electron chi connectivity index (χ2n) is 1.63. The fourth-order valence-corrected chi connectivity index (χ4v) is 0.995. The molecular weight excluding hydrogens is 152 g/mol. The molecule has 2 unspecified atom stereocenters. The molecule has 58 valence electrons. The minimum Gasteiger partial charge on any atom is -0.382 e. The zero-order valence-corrected chi connectivity index (χ0v) is 6.39. The molecule has 10 heavy (non-hydrogen) atoms. The van der Waals surface area contributed by atoms with Gasteiger partial charge in [-0.2, -0.15) is 5.26 Å². The van der Waals surface area contributed by atoms with Gasteiger partial charge in [-0.1, -0.05) is 11.1 Å². The van der Waals surface area contributed by atoms with E-state index in [2.05, 4.69) is 4.72 Å². The van der Waals surface area contributed by atoms with Crippen molar-refractivity contribution in [1.82, 2.24) is 4.72 Å². The van der Waals surface area contributed by atoms with Crippen LogP contribution in [0.2, 0.25) is 0 Å². The molecule has 5 N–H and O–H groups in total. The first kappa shape index (κ1) is 9.07. The molecular formula is C4H10N4OS. The number of hydrogen-bond donors (Lipinski definition) is 5. The maximum absolute atomic E-state index is 8.85. The average molecular weight is 162 g/mol. The molecule has 5 nitrogen and oxygen atoms in total. The number of hydrogen-bond acceptors (Lipinski definition) is 3. The number of thiol groups is 1. The summed E-state index contributed by atoms with van der Waals surface area (Å²) in [5, 5.41) is 25.8. The Morgan fingerprint density at radius 3 is 2.60 bits per heavy atom. The molecule has 0 fully saturated rings. The Bertz CT molecular complexity index is 163. The molecule has 0 saturated heterocycles. The SMILES string of the molecule is CC(O)[SH](C#N)NC(=N)N. The first-order chi connectivity index (χ1) is 4.57. The Morgan fingerprint density at radius 1 is 2.00 bits per heavy atom. The van der Waals surface area contributed by atoms with Gasteiger partial charge >= 0.3 is 0 Å². The lowest BCUT2D eigenvalue weighted by Gasteiger charge is -2.16. The summed E-state index contributed by atoms with van der Waals surface area (Å²) < 4.78 is 2.34. The predicted molar refractivity (Wildman–Crippen MR) is 41.3 cm³/mol. The van der Waals surface area contributed by atoms with Gasteiger partial charge in [0, 0.05) is 0 Å². The second-order valence-corrected chi connectivity index (χ2v) is 3.54. The van der Waals surface area contributed by atoms with Crippen molar-refractivity contribution in [2.24, 2.45) is 5.73 Å². The first-order valence-electron chi connectivity index (χ1n) is 2.55. The Morgan fingerprint density at radius 2 is 2.50 bits per heavy atom. The lowest BCUT2D eigenvalue weighted by atomic mass is 10.9. The van der Waals surface area contributed by atoms with Crippen LogP contribution in [0.5, 0.6) is 0 Å². The third kappa shape index (κ3) is 3.17. The van der Waals surface area contributed by atoms with Crippen molar-refractivity contribution in [2.75, 3.05) is 0 Å². The summed E-state index contributed by atoms with van der Waals surface area (Å²) in [6.45, 7) is 1.48. The first-order valence-corrected chi connectivity index (χ1v) is 3.96. The number of guanidine groups is 1. The summed E-state index contributed by atoms with van der Waals surface area (Å²) in [5.74, 6) is -0.284. The van der Waals surface area contributed by atoms with Crippen molar-refractivity contribution in [3.8, 4) is 5.40 Å². The Balaban J connectivity index is 3.87. The van der Waals surface area contributed by atoms with Crippen LogP contribution in [0.25, 0.3) is 0 Å². The van der Waals surface area contributed by atoms with Crippen LogP contribution in [0.4, 0.5) is 0 Å². The number of aliphatic hydroxyl groups is 1. The van der Waals surface area contributed by atoms with Crippen molar-refractivity contribution in [2.45, 2.75) is 12.4 Å². The van der Waals surface area contributed by atoms with E-state index in [4.69, 9.17) is 21.5 Å². The Kier molecular flexibility index (Phi) is 3.61. The van der Waals surface area contributed by atoms with Crippen molar-refractivity contribution in [1.29, 1.82) is 10.7 Å². The number of nitrogens with zero attached hydrogens (tertiary/aromatic N) is 1. The minimum atomic E-state index is -1.40. The van der Waals surface area contributed by atoms with Gasteiger partial charge in [0.1, 0.15) is 10.8 Å². The van der Waals surface area contributed by atoms with Crippen molar-refractivity contribution >= 4 is 17.0 Å². The average Bonchev–Trinajstić information content (AvgIpc) is 1.81. The molecule has 0 rings (SSSR count). The highest BCUT2D eigenvalue weighted by molar-refractivity contribution is 8.20. The van der Waals surface area contributed by atoms with E-state index in [1.807, 2.05) is 5.40 Å². The number of nitrogens with one attached hydrogen (secondary N) is 2. The van der Waals surface area contributed by atoms with Crippen LogP contribution < -0.4 is 10.5 Å². The van der Waals surface area contributed by atoms with Gasteiger partial charge in [-0.25, -0.2) is 0 Å². The normalized spacial score (nSPS) is 16.7. The molecule has 0 bridgehead atoms. The zero-order chi connectivity index (χ0) is 8.15. The summed E-state index contributed by atoms with van der Waals surface area (Å²) in [5.41, 5.74) is 4.17. The zero-order valence-electron chi connectivity index (χ0n) is 5.50. The summed E-state index contributed by atoms with van der Waals surface area (Å²) in [4.78, 5) is 0. The van der Waals surface area contributed by atoms with Crippen molar-refractivity contribution in [3.63, 3.8) is 0 Å². The predicted octanol–water partition coefficient (Wildman–Crippen LogP) is -0.795. The van der Waals surface area contributed by atoms with Gasteiger partial charge < -0.3 is 15.6 Å². The maximum Gasteiger partial charge on any atom is 0.195 e. The van der Waals surface area contributed by atoms with Crippen LogP contribution in [0.3, 0.4) is 0 Å². The number of nitrogens with two attached hydrogens (primary N) is 1. The third-order valence-corrected chi connectivity index (χ3v) is 2.17. The van der Waals surface area contributed by atoms with Gasteiger partial charge in [-0.15, -0.1) is 0 Å². The van der Waals surface area contributed by atoms with Gasteiger partial charge in [0.2, 0.25) is 0 Å². The Labute approximate surface area is 61.8 Å². The van der Waals surface area contributed by atoms with E-state index >= 15 is 0 Å². The lowest BCUT2D eigenvalue weighted by molar-refractivity contribution is 0.282. The van der Waals surface area contributed by atoms with Gasteiger partial charge in [0.05, 0.1) is 0 Å². The molecule has 0 aromatic rings. The monoisotopic (exact) mass is 162 g/mol. The number of nitriles is 1. The van der Waals surface area contributed by atoms with Crippen LogP contribution in [-0.2, 0) is 0 Å². The Hall–Kier alpha value is -0.930. The molecule has 0 heterocycles. The second kappa shape index (κ2) is 3.98. The quantitative estimate of drug-likeness (QED) is 0.159. The van der Waals surface area contributed by atoms with Gasteiger partial charge in [0.15, 0.2) is 5.96 Å². The molecule has 0 aliphatic carbocycles. The molecule has 0 spiro atoms. The van der Waals surface area contributed by atoms with E-state index < -0.39 is 16.5 Å². The van der Waals surface area contributed by atoms with E-state index in [0.717, 1.165) is 0 Å². The van der Waals surface area contributed by atoms with Crippen molar-refractivity contribution < 1.29 is 5.11 Å². The third-order valence-electron chi connectivity index (χ3n) is 0.722. The smallest absolute Gasteiger partial charge is 0.195 e. The van der Waals surface area contributed by atoms with Crippen LogP contribution >= 0.6 is 11.1 Å². The molecule has 0 aromatic heterocycles. The van der Waals surface area contributed by atoms with Gasteiger partial charge in [0.25, 0.3) is 0 Å². The summed E-state index contributed by atoms with van der Waals surface area (Å²) >= 11 is -1.40. The maximum atomic E-state index is 8.85. The molecule has 0 aliphatic heterocycles. The van der Waals surface area contributed by atoms with E-state index in [9.17, 15) is 0 Å². The largest absolute Gasteiger partial charge is 0.382 e. The molecule has 0 radical (unpaired) electrons. The topological polar surface area (TPSA) is 106 Å². The summed E-state index contributed by atoms with van der Waals surface area (Å²) in [6.07, 6.45) is 0. The highest BCUT2D eigenvalue weighted by atomic mass is 32.2. The van der Waals surface area contributed by atoms with E-state index in [-0.39, 0.29) is 5.96 Å². The lowest BCUT2D eigenvalue weighted by Crippen LogP contribution is -2.30. The van der Waals surface area contributed by atoms with Crippen LogP contribution in [-0.4, -0.2) is 16.5 Å². The van der Waals surface area contributed by atoms with Gasteiger partial charge in [-0.05, 0) is 6.92 Å². The van der Waals surface area contributed by atoms with Crippen LogP contribution in [0, 0.1) is 16.1 Å². The van der Waals surface area contributed by atoms with Gasteiger partial charge in [-0.3, -0.25) is 5.41 Å². The number of aliphatic hydroxyl groups excluding tert-OH is 1. The summed E-state index contributed by atoms with van der Waals surface area (Å²) in [7, 11) is 0. The number of rotatable bonds is 2. The van der Waals surface area contributed by atoms with E-state index in [1.165, 1.54) is 6.92 Å². The molecule has 6 heteroatoms. The highest BCUT2D eigenvalue weighted by Gasteiger charge is 2.07. The number of thiocyanates is 1. The molecule has 0 amide bonds. The van der Waals surface area contributed by atoms with Crippen molar-refractivity contribution in [3.05, 3.63) is 0 Å². The fourth-order valence-electron chi connectivity index (χ4n) is 0.332. The standard InChI is InChI=1S/C4H10N4OS/c1-3(9)10(2-5)8-4(6)7/h3,9-10H,1H3,(H4,6,7,8). The minimum absolute atomic E-state index is 0.284. The molecule has 2 atom stereocenters. The molecule has 0 saturated carbocycles. The van der Waals surface area contributed by atoms with E-state index in [1.54, 1.807) is 0 Å². The summed E-state index contributed by atoms with van der Waals surface area (Å²) in [6, 6.07) is 0. The fraction of sp³-hybridized carbons (Fsp3) is 0.500. The molecule has 0 aliphatic rings. The molecule has 0 aromatic carbocycles. The van der Waals surface area contributed by atoms with E-state index in [0.29, 0.717) is 0 Å². The highest BCUT2D eigenvalue weighted by Crippen LogP contribution is 2.21. The van der Waals surface area contributed by atoms with Crippen LogP contribution in [0.15, 0.2) is 0 Å².